The van der Waals surface area contributed by atoms with Gasteiger partial charge in [0.05, 0.1) is 0 Å². The van der Waals surface area contributed by atoms with E-state index in [2.05, 4.69) is 6.92 Å². The van der Waals surface area contributed by atoms with Gasteiger partial charge >= 0.3 is 0 Å². The second kappa shape index (κ2) is 15.1. The lowest BCUT2D eigenvalue weighted by Crippen LogP contribution is -1.97. The van der Waals surface area contributed by atoms with Crippen molar-refractivity contribution in [3.63, 3.8) is 0 Å². The SMILES string of the molecule is CCCCCCCCOCCCCCCCCc1cccc(O)c1O. The van der Waals surface area contributed by atoms with E-state index in [1.54, 1.807) is 6.07 Å². The number of para-hydroxylation sites is 1. The van der Waals surface area contributed by atoms with Gasteiger partial charge in [0, 0.05) is 13.2 Å². The molecule has 0 fully saturated rings. The molecule has 0 aliphatic rings. The molecule has 144 valence electrons. The molecular weight excluding hydrogens is 312 g/mol. The summed E-state index contributed by atoms with van der Waals surface area (Å²) in [5.74, 6) is 0.0310. The van der Waals surface area contributed by atoms with Gasteiger partial charge in [-0.1, -0.05) is 76.8 Å². The number of unbranched alkanes of at least 4 members (excludes halogenated alkanes) is 10. The molecule has 0 spiro atoms. The molecule has 0 saturated heterocycles. The molecule has 2 N–H and O–H groups in total. The maximum Gasteiger partial charge on any atom is 0.160 e. The highest BCUT2D eigenvalue weighted by molar-refractivity contribution is 5.44. The number of rotatable bonds is 16. The zero-order valence-electron chi connectivity index (χ0n) is 16.1. The van der Waals surface area contributed by atoms with Crippen LogP contribution in [0.2, 0.25) is 0 Å². The zero-order valence-corrected chi connectivity index (χ0v) is 16.1. The number of hydrogen-bond donors (Lipinski definition) is 2. The van der Waals surface area contributed by atoms with Gasteiger partial charge in [-0.05, 0) is 37.3 Å². The van der Waals surface area contributed by atoms with Crippen LogP contribution in [0.25, 0.3) is 0 Å². The van der Waals surface area contributed by atoms with E-state index in [0.717, 1.165) is 31.6 Å². The van der Waals surface area contributed by atoms with Crippen LogP contribution in [0.1, 0.15) is 89.5 Å². The molecule has 1 aromatic rings. The number of aromatic hydroxyl groups is 2. The second-order valence-electron chi connectivity index (χ2n) is 7.04. The number of hydrogen-bond acceptors (Lipinski definition) is 3. The summed E-state index contributed by atoms with van der Waals surface area (Å²) >= 11 is 0. The summed E-state index contributed by atoms with van der Waals surface area (Å²) in [5.41, 5.74) is 0.850. The molecule has 0 unspecified atom stereocenters. The Labute approximate surface area is 154 Å². The summed E-state index contributed by atoms with van der Waals surface area (Å²) in [7, 11) is 0. The molecule has 0 heterocycles. The van der Waals surface area contributed by atoms with Gasteiger partial charge in [-0.15, -0.1) is 0 Å². The largest absolute Gasteiger partial charge is 0.504 e. The molecule has 0 aliphatic carbocycles. The Hall–Kier alpha value is -1.22. The van der Waals surface area contributed by atoms with Crippen molar-refractivity contribution in [1.29, 1.82) is 0 Å². The minimum Gasteiger partial charge on any atom is -0.504 e. The molecule has 3 heteroatoms. The number of benzene rings is 1. The average Bonchev–Trinajstić information content (AvgIpc) is 2.61. The Morgan fingerprint density at radius 2 is 1.28 bits per heavy atom. The summed E-state index contributed by atoms with van der Waals surface area (Å²) in [6.45, 7) is 4.09. The third-order valence-corrected chi connectivity index (χ3v) is 4.73. The zero-order chi connectivity index (χ0) is 18.2. The van der Waals surface area contributed by atoms with E-state index in [-0.39, 0.29) is 11.5 Å². The van der Waals surface area contributed by atoms with Crippen LogP contribution in [0.3, 0.4) is 0 Å². The van der Waals surface area contributed by atoms with Crippen molar-refractivity contribution in [2.45, 2.75) is 90.4 Å². The Morgan fingerprint density at radius 1 is 0.720 bits per heavy atom. The van der Waals surface area contributed by atoms with Crippen molar-refractivity contribution in [2.75, 3.05) is 13.2 Å². The Balaban J connectivity index is 1.82. The van der Waals surface area contributed by atoms with Crippen LogP contribution in [0, 0.1) is 0 Å². The van der Waals surface area contributed by atoms with Gasteiger partial charge < -0.3 is 14.9 Å². The molecule has 0 saturated carbocycles. The van der Waals surface area contributed by atoms with Crippen molar-refractivity contribution in [3.8, 4) is 11.5 Å². The lowest BCUT2D eigenvalue weighted by molar-refractivity contribution is 0.125. The van der Waals surface area contributed by atoms with Gasteiger partial charge in [0.2, 0.25) is 0 Å². The lowest BCUT2D eigenvalue weighted by Gasteiger charge is -2.06. The third-order valence-electron chi connectivity index (χ3n) is 4.73. The van der Waals surface area contributed by atoms with E-state index in [9.17, 15) is 10.2 Å². The topological polar surface area (TPSA) is 49.7 Å². The number of phenolic OH excluding ortho intramolecular Hbond substituents is 2. The first kappa shape index (κ1) is 21.8. The van der Waals surface area contributed by atoms with Gasteiger partial charge in [0.15, 0.2) is 11.5 Å². The summed E-state index contributed by atoms with van der Waals surface area (Å²) in [4.78, 5) is 0. The fourth-order valence-corrected chi connectivity index (χ4v) is 3.09. The predicted molar refractivity (Wildman–Crippen MR) is 105 cm³/mol. The predicted octanol–water partition coefficient (Wildman–Crippen LogP) is 6.36. The van der Waals surface area contributed by atoms with E-state index in [1.807, 2.05) is 6.07 Å². The van der Waals surface area contributed by atoms with Crippen LogP contribution in [-0.2, 0) is 11.2 Å². The molecule has 0 bridgehead atoms. The quantitative estimate of drug-likeness (QED) is 0.269. The van der Waals surface area contributed by atoms with Crippen molar-refractivity contribution in [2.24, 2.45) is 0 Å². The van der Waals surface area contributed by atoms with E-state index >= 15 is 0 Å². The van der Waals surface area contributed by atoms with Crippen LogP contribution in [-0.4, -0.2) is 23.4 Å². The highest BCUT2D eigenvalue weighted by Crippen LogP contribution is 2.29. The molecule has 3 nitrogen and oxygen atoms in total. The standard InChI is InChI=1S/C22H38O3/c1-2-3-4-5-9-12-18-25-19-13-10-7-6-8-11-15-20-16-14-17-21(23)22(20)24/h14,16-17,23-24H,2-13,15,18-19H2,1H3. The minimum atomic E-state index is -0.0153. The molecular formula is C22H38O3. The summed E-state index contributed by atoms with van der Waals surface area (Å²) in [6, 6.07) is 5.19. The molecule has 1 rings (SSSR count). The smallest absolute Gasteiger partial charge is 0.160 e. The van der Waals surface area contributed by atoms with Crippen LogP contribution < -0.4 is 0 Å². The average molecular weight is 351 g/mol. The highest BCUT2D eigenvalue weighted by atomic mass is 16.5. The van der Waals surface area contributed by atoms with Crippen LogP contribution in [0.5, 0.6) is 11.5 Å². The lowest BCUT2D eigenvalue weighted by atomic mass is 10.0. The van der Waals surface area contributed by atoms with Crippen LogP contribution >= 0.6 is 0 Å². The Kier molecular flexibility index (Phi) is 13.2. The maximum atomic E-state index is 9.75. The number of ether oxygens (including phenoxy) is 1. The van der Waals surface area contributed by atoms with E-state index in [1.165, 1.54) is 76.7 Å². The first-order chi connectivity index (χ1) is 12.3. The van der Waals surface area contributed by atoms with Crippen molar-refractivity contribution < 1.29 is 14.9 Å². The fraction of sp³-hybridized carbons (Fsp3) is 0.727. The van der Waals surface area contributed by atoms with E-state index < -0.39 is 0 Å². The normalized spacial score (nSPS) is 11.1. The highest BCUT2D eigenvalue weighted by Gasteiger charge is 2.04. The monoisotopic (exact) mass is 350 g/mol. The molecule has 0 radical (unpaired) electrons. The molecule has 0 aliphatic heterocycles. The molecule has 0 atom stereocenters. The van der Waals surface area contributed by atoms with Gasteiger partial charge in [-0.2, -0.15) is 0 Å². The van der Waals surface area contributed by atoms with Crippen LogP contribution in [0.15, 0.2) is 18.2 Å². The summed E-state index contributed by atoms with van der Waals surface area (Å²) in [6.07, 6.45) is 15.9. The summed E-state index contributed by atoms with van der Waals surface area (Å²) in [5, 5.41) is 19.2. The minimum absolute atomic E-state index is 0.0153. The van der Waals surface area contributed by atoms with Gasteiger partial charge in [-0.25, -0.2) is 0 Å². The van der Waals surface area contributed by atoms with Gasteiger partial charge in [0.25, 0.3) is 0 Å². The fourth-order valence-electron chi connectivity index (χ4n) is 3.09. The van der Waals surface area contributed by atoms with Crippen molar-refractivity contribution in [3.05, 3.63) is 23.8 Å². The van der Waals surface area contributed by atoms with Crippen molar-refractivity contribution in [1.82, 2.24) is 0 Å². The molecule has 1 aromatic carbocycles. The molecule has 0 aromatic heterocycles. The third kappa shape index (κ3) is 11.1. The Morgan fingerprint density at radius 3 is 1.92 bits per heavy atom. The van der Waals surface area contributed by atoms with Crippen LogP contribution in [0.4, 0.5) is 0 Å². The second-order valence-corrected chi connectivity index (χ2v) is 7.04. The number of aryl methyl sites for hydroxylation is 1. The first-order valence-electron chi connectivity index (χ1n) is 10.3. The van der Waals surface area contributed by atoms with E-state index in [4.69, 9.17) is 4.74 Å². The molecule has 25 heavy (non-hydrogen) atoms. The number of phenols is 2. The first-order valence-corrected chi connectivity index (χ1v) is 10.3. The van der Waals surface area contributed by atoms with Gasteiger partial charge in [0.1, 0.15) is 0 Å². The maximum absolute atomic E-state index is 9.75. The van der Waals surface area contributed by atoms with E-state index in [0.29, 0.717) is 0 Å². The molecule has 0 amide bonds. The summed E-state index contributed by atoms with van der Waals surface area (Å²) < 4.78 is 5.70. The van der Waals surface area contributed by atoms with Crippen molar-refractivity contribution >= 4 is 0 Å². The van der Waals surface area contributed by atoms with Gasteiger partial charge in [-0.3, -0.25) is 0 Å². The Bertz CT molecular complexity index is 431.